The fourth-order valence-corrected chi connectivity index (χ4v) is 10.8. The molecule has 10 rings (SSSR count). The number of aryl methyl sites for hydroxylation is 6. The molecule has 0 bridgehead atoms. The first-order chi connectivity index (χ1) is 24.6. The van der Waals surface area contributed by atoms with Crippen molar-refractivity contribution >= 4 is 78.5 Å². The molecule has 0 saturated carbocycles. The van der Waals surface area contributed by atoms with E-state index in [1.807, 2.05) is 0 Å². The van der Waals surface area contributed by atoms with Gasteiger partial charge in [0.15, 0.2) is 0 Å². The third-order valence-electron chi connectivity index (χ3n) is 12.5. The second-order valence-electron chi connectivity index (χ2n) is 16.1. The Morgan fingerprint density at radius 2 is 0.902 bits per heavy atom. The molecule has 0 saturated heterocycles. The van der Waals surface area contributed by atoms with Crippen molar-refractivity contribution in [3.8, 4) is 22.3 Å². The molecule has 8 aromatic rings. The number of hydrogen-bond acceptors (Lipinski definition) is 0. The summed E-state index contributed by atoms with van der Waals surface area (Å²) >= 11 is 0. The molecule has 2 heterocycles. The van der Waals surface area contributed by atoms with E-state index in [0.717, 1.165) is 0 Å². The number of hydrogen-bond donors (Lipinski definition) is 0. The Labute approximate surface area is 303 Å². The number of benzene rings is 8. The van der Waals surface area contributed by atoms with Crippen LogP contribution in [0.15, 0.2) is 103 Å². The average Bonchev–Trinajstić information content (AvgIpc) is 3.09. The van der Waals surface area contributed by atoms with E-state index in [2.05, 4.69) is 159 Å². The molecule has 0 radical (unpaired) electrons. The minimum atomic E-state index is 0.168. The second-order valence-corrected chi connectivity index (χ2v) is 16.1. The Kier molecular flexibility index (Phi) is 6.46. The van der Waals surface area contributed by atoms with Crippen molar-refractivity contribution < 1.29 is 0 Å². The second kappa shape index (κ2) is 10.7. The summed E-state index contributed by atoms with van der Waals surface area (Å²) in [7, 11) is 0. The van der Waals surface area contributed by atoms with E-state index in [-0.39, 0.29) is 13.4 Å². The molecule has 0 nitrogen and oxygen atoms in total. The van der Waals surface area contributed by atoms with Gasteiger partial charge < -0.3 is 0 Å². The van der Waals surface area contributed by atoms with E-state index in [0.29, 0.717) is 5.92 Å². The van der Waals surface area contributed by atoms with Crippen molar-refractivity contribution in [1.82, 2.24) is 0 Å². The van der Waals surface area contributed by atoms with Crippen LogP contribution in [0.2, 0.25) is 0 Å². The van der Waals surface area contributed by atoms with Gasteiger partial charge in [0.1, 0.15) is 0 Å². The van der Waals surface area contributed by atoms with Gasteiger partial charge in [-0.3, -0.25) is 0 Å². The minimum absolute atomic E-state index is 0.168. The maximum atomic E-state index is 2.64. The molecule has 8 aromatic carbocycles. The van der Waals surface area contributed by atoms with Crippen molar-refractivity contribution in [2.75, 3.05) is 0 Å². The van der Waals surface area contributed by atoms with Crippen LogP contribution in [0.4, 0.5) is 0 Å². The zero-order chi connectivity index (χ0) is 35.0. The van der Waals surface area contributed by atoms with Crippen LogP contribution < -0.4 is 32.8 Å². The van der Waals surface area contributed by atoms with E-state index in [1.54, 1.807) is 0 Å². The van der Waals surface area contributed by atoms with Gasteiger partial charge in [-0.2, -0.15) is 0 Å². The lowest BCUT2D eigenvalue weighted by Crippen LogP contribution is -2.57. The zero-order valence-electron chi connectivity index (χ0n) is 31.0. The van der Waals surface area contributed by atoms with Gasteiger partial charge in [-0.15, -0.1) is 0 Å². The predicted octanol–water partition coefficient (Wildman–Crippen LogP) is 8.55. The quantitative estimate of drug-likeness (QED) is 0.133. The highest BCUT2D eigenvalue weighted by molar-refractivity contribution is 7.00. The molecule has 51 heavy (non-hydrogen) atoms. The molecular formula is C49H42B2. The normalized spacial score (nSPS) is 13.2. The summed E-state index contributed by atoms with van der Waals surface area (Å²) in [6, 6.07) is 40.7. The Morgan fingerprint density at radius 1 is 0.412 bits per heavy atom. The minimum Gasteiger partial charge on any atom is -0.0664 e. The molecule has 0 fully saturated rings. The van der Waals surface area contributed by atoms with Gasteiger partial charge in [0.2, 0.25) is 13.4 Å². The standard InChI is InChI=1S/C49H42B2/c1-26(2)37-24-38-35-14-10-12-16-41(35)50(48-29(5)19-27(3)20-30(48)6)42-23-33-17-18-36-34-13-9-11-15-40(34)51(49-31(7)21-28(4)22-32(49)8)43-25-39(37)47(46(38)42)44(33)45(36)43/h9-26H,1-8H3. The highest BCUT2D eigenvalue weighted by Crippen LogP contribution is 2.46. The van der Waals surface area contributed by atoms with Gasteiger partial charge in [0.25, 0.3) is 0 Å². The third-order valence-corrected chi connectivity index (χ3v) is 12.5. The lowest BCUT2D eigenvalue weighted by molar-refractivity contribution is 0.877. The predicted molar refractivity (Wildman–Crippen MR) is 226 cm³/mol. The van der Waals surface area contributed by atoms with Gasteiger partial charge in [0.05, 0.1) is 0 Å². The van der Waals surface area contributed by atoms with Crippen molar-refractivity contribution in [1.29, 1.82) is 0 Å². The lowest BCUT2D eigenvalue weighted by atomic mass is 9.31. The Bertz CT molecular complexity index is 2750. The Morgan fingerprint density at radius 3 is 1.45 bits per heavy atom. The topological polar surface area (TPSA) is 0 Å². The van der Waals surface area contributed by atoms with Gasteiger partial charge >= 0.3 is 0 Å². The van der Waals surface area contributed by atoms with Crippen LogP contribution in [0.3, 0.4) is 0 Å². The summed E-state index contributed by atoms with van der Waals surface area (Å²) < 4.78 is 0. The number of fused-ring (bicyclic) bond motifs is 4. The summed E-state index contributed by atoms with van der Waals surface area (Å²) in [5, 5.41) is 8.59. The van der Waals surface area contributed by atoms with E-state index in [9.17, 15) is 0 Å². The molecular weight excluding hydrogens is 610 g/mol. The summed E-state index contributed by atoms with van der Waals surface area (Å²) in [4.78, 5) is 0. The molecule has 2 heteroatoms. The van der Waals surface area contributed by atoms with Crippen LogP contribution in [0.5, 0.6) is 0 Å². The van der Waals surface area contributed by atoms with E-state index in [1.165, 1.54) is 126 Å². The molecule has 0 amide bonds. The summed E-state index contributed by atoms with van der Waals surface area (Å²) in [5.41, 5.74) is 23.8. The van der Waals surface area contributed by atoms with Crippen LogP contribution in [0, 0.1) is 41.5 Å². The van der Waals surface area contributed by atoms with Gasteiger partial charge in [0, 0.05) is 0 Å². The van der Waals surface area contributed by atoms with E-state index in [4.69, 9.17) is 0 Å². The van der Waals surface area contributed by atoms with Crippen LogP contribution in [0.25, 0.3) is 54.6 Å². The lowest BCUT2D eigenvalue weighted by Gasteiger charge is -2.34. The maximum Gasteiger partial charge on any atom is 0.243 e. The summed E-state index contributed by atoms with van der Waals surface area (Å²) in [6.45, 7) is 18.8. The van der Waals surface area contributed by atoms with Crippen molar-refractivity contribution in [3.05, 3.63) is 142 Å². The molecule has 0 atom stereocenters. The van der Waals surface area contributed by atoms with Crippen molar-refractivity contribution in [3.63, 3.8) is 0 Å². The Hall–Kier alpha value is -5.07. The molecule has 0 unspecified atom stereocenters. The molecule has 0 aliphatic carbocycles. The molecule has 0 aromatic heterocycles. The maximum absolute atomic E-state index is 2.64. The number of rotatable bonds is 3. The van der Waals surface area contributed by atoms with Crippen LogP contribution >= 0.6 is 0 Å². The van der Waals surface area contributed by atoms with Gasteiger partial charge in [-0.1, -0.05) is 177 Å². The zero-order valence-corrected chi connectivity index (χ0v) is 31.0. The summed E-state index contributed by atoms with van der Waals surface area (Å²) in [6.07, 6.45) is 0. The monoisotopic (exact) mass is 652 g/mol. The highest BCUT2D eigenvalue weighted by Gasteiger charge is 2.39. The molecule has 0 N–H and O–H groups in total. The fraction of sp³-hybridized carbons (Fsp3) is 0.184. The molecule has 244 valence electrons. The molecule has 2 aliphatic heterocycles. The van der Waals surface area contributed by atoms with E-state index >= 15 is 0 Å². The Balaban J connectivity index is 1.42. The van der Waals surface area contributed by atoms with Gasteiger partial charge in [-0.25, -0.2) is 0 Å². The first-order valence-electron chi connectivity index (χ1n) is 18.8. The average molecular weight is 652 g/mol. The third kappa shape index (κ3) is 4.11. The van der Waals surface area contributed by atoms with Crippen molar-refractivity contribution in [2.24, 2.45) is 0 Å². The largest absolute Gasteiger partial charge is 0.243 e. The summed E-state index contributed by atoms with van der Waals surface area (Å²) in [5.74, 6) is 0.379. The van der Waals surface area contributed by atoms with E-state index < -0.39 is 0 Å². The first kappa shape index (κ1) is 30.7. The molecule has 0 spiro atoms. The molecule has 2 aliphatic rings. The smallest absolute Gasteiger partial charge is 0.0664 e. The first-order valence-corrected chi connectivity index (χ1v) is 18.8. The van der Waals surface area contributed by atoms with Crippen LogP contribution in [0.1, 0.15) is 58.7 Å². The SMILES string of the molecule is Cc1cc(C)c(B2c3ccccc3-c3ccc4cc5c6c(cc(C(C)C)c7cc2c3c4c76)-c2ccccc2B5c2c(C)cc(C)cc2C)c(C)c1. The van der Waals surface area contributed by atoms with Crippen molar-refractivity contribution in [2.45, 2.75) is 61.3 Å². The highest BCUT2D eigenvalue weighted by atomic mass is 14.3. The van der Waals surface area contributed by atoms with Gasteiger partial charge in [-0.05, 0) is 114 Å². The van der Waals surface area contributed by atoms with Crippen LogP contribution in [-0.4, -0.2) is 13.4 Å². The fourth-order valence-electron chi connectivity index (χ4n) is 10.8. The van der Waals surface area contributed by atoms with Crippen LogP contribution in [-0.2, 0) is 0 Å².